The molecular formula is C25H20N2O2. The zero-order valence-electron chi connectivity index (χ0n) is 16.1. The summed E-state index contributed by atoms with van der Waals surface area (Å²) in [4.78, 5) is 30.6. The third kappa shape index (κ3) is 2.68. The van der Waals surface area contributed by atoms with Gasteiger partial charge < -0.3 is 4.90 Å². The Bertz CT molecular complexity index is 1160. The molecule has 0 aromatic heterocycles. The molecule has 2 aliphatic rings. The van der Waals surface area contributed by atoms with Crippen LogP contribution in [-0.4, -0.2) is 18.4 Å². The summed E-state index contributed by atoms with van der Waals surface area (Å²) >= 11 is 0. The van der Waals surface area contributed by atoms with Gasteiger partial charge in [0, 0.05) is 12.2 Å². The number of benzene rings is 3. The largest absolute Gasteiger partial charge is 0.336 e. The standard InChI is InChI=1S/C25H20N2O2/c1-17-9-5-7-13-20(17)27-24(28)22(19-11-3-2-4-12-19)23(25(27)29)26-16-15-18-10-6-8-14-21(18)26/h2-14H,15-16H2,1H3. The van der Waals surface area contributed by atoms with Crippen molar-refractivity contribution in [3.63, 3.8) is 0 Å². The number of nitrogens with zero attached hydrogens (tertiary/aromatic N) is 2. The first-order valence-corrected chi connectivity index (χ1v) is 9.76. The van der Waals surface area contributed by atoms with Gasteiger partial charge in [0.15, 0.2) is 0 Å². The summed E-state index contributed by atoms with van der Waals surface area (Å²) in [6.45, 7) is 2.60. The van der Waals surface area contributed by atoms with Gasteiger partial charge in [0.05, 0.1) is 11.3 Å². The van der Waals surface area contributed by atoms with E-state index in [1.54, 1.807) is 0 Å². The van der Waals surface area contributed by atoms with Crippen molar-refractivity contribution in [2.75, 3.05) is 16.3 Å². The summed E-state index contributed by atoms with van der Waals surface area (Å²) in [6, 6.07) is 25.1. The summed E-state index contributed by atoms with van der Waals surface area (Å²) in [7, 11) is 0. The lowest BCUT2D eigenvalue weighted by Gasteiger charge is -2.22. The molecule has 4 nitrogen and oxygen atoms in total. The van der Waals surface area contributed by atoms with Crippen molar-refractivity contribution in [3.05, 3.63) is 101 Å². The maximum absolute atomic E-state index is 13.7. The molecule has 2 heterocycles. The number of carbonyl (C=O) groups is 2. The van der Waals surface area contributed by atoms with Gasteiger partial charge in [0.25, 0.3) is 11.8 Å². The van der Waals surface area contributed by atoms with E-state index in [1.807, 2.05) is 84.6 Å². The van der Waals surface area contributed by atoms with Gasteiger partial charge in [-0.05, 0) is 42.2 Å². The van der Waals surface area contributed by atoms with Crippen LogP contribution in [0.5, 0.6) is 0 Å². The first-order valence-electron chi connectivity index (χ1n) is 9.76. The highest BCUT2D eigenvalue weighted by atomic mass is 16.2. The molecule has 0 N–H and O–H groups in total. The predicted molar refractivity (Wildman–Crippen MR) is 115 cm³/mol. The minimum Gasteiger partial charge on any atom is -0.336 e. The molecule has 0 spiro atoms. The molecule has 0 aliphatic carbocycles. The third-order valence-corrected chi connectivity index (χ3v) is 5.64. The Morgan fingerprint density at radius 1 is 0.724 bits per heavy atom. The van der Waals surface area contributed by atoms with E-state index >= 15 is 0 Å². The summed E-state index contributed by atoms with van der Waals surface area (Å²) in [5.41, 5.74) is 5.43. The van der Waals surface area contributed by atoms with Crippen molar-refractivity contribution in [3.8, 4) is 0 Å². The third-order valence-electron chi connectivity index (χ3n) is 5.64. The molecule has 0 atom stereocenters. The Balaban J connectivity index is 1.70. The lowest BCUT2D eigenvalue weighted by molar-refractivity contribution is -0.120. The SMILES string of the molecule is Cc1ccccc1N1C(=O)C(c2ccccc2)=C(N2CCc3ccccc32)C1=O. The van der Waals surface area contributed by atoms with Crippen LogP contribution in [0.1, 0.15) is 16.7 Å². The number of para-hydroxylation sites is 2. The smallest absolute Gasteiger partial charge is 0.282 e. The minimum atomic E-state index is -0.269. The fourth-order valence-electron chi connectivity index (χ4n) is 4.24. The van der Waals surface area contributed by atoms with E-state index in [4.69, 9.17) is 0 Å². The average molecular weight is 380 g/mol. The van der Waals surface area contributed by atoms with Crippen molar-refractivity contribution in [2.45, 2.75) is 13.3 Å². The molecule has 3 aromatic carbocycles. The van der Waals surface area contributed by atoms with Crippen LogP contribution in [-0.2, 0) is 16.0 Å². The first-order chi connectivity index (χ1) is 14.2. The molecule has 29 heavy (non-hydrogen) atoms. The van der Waals surface area contributed by atoms with Crippen LogP contribution in [0, 0.1) is 6.92 Å². The molecule has 0 saturated heterocycles. The van der Waals surface area contributed by atoms with Gasteiger partial charge >= 0.3 is 0 Å². The summed E-state index contributed by atoms with van der Waals surface area (Å²) in [5.74, 6) is -0.533. The van der Waals surface area contributed by atoms with E-state index in [2.05, 4.69) is 6.07 Å². The molecule has 5 rings (SSSR count). The van der Waals surface area contributed by atoms with Crippen molar-refractivity contribution in [1.29, 1.82) is 0 Å². The van der Waals surface area contributed by atoms with Crippen molar-refractivity contribution in [2.24, 2.45) is 0 Å². The Morgan fingerprint density at radius 3 is 2.14 bits per heavy atom. The number of fused-ring (bicyclic) bond motifs is 1. The van der Waals surface area contributed by atoms with Crippen molar-refractivity contribution >= 4 is 28.8 Å². The van der Waals surface area contributed by atoms with E-state index in [1.165, 1.54) is 10.5 Å². The van der Waals surface area contributed by atoms with Crippen LogP contribution in [0.15, 0.2) is 84.6 Å². The molecule has 0 fully saturated rings. The molecule has 2 amide bonds. The monoisotopic (exact) mass is 380 g/mol. The number of hydrogen-bond donors (Lipinski definition) is 0. The Morgan fingerprint density at radius 2 is 1.38 bits per heavy atom. The lowest BCUT2D eigenvalue weighted by atomic mass is 10.0. The number of carbonyl (C=O) groups excluding carboxylic acids is 2. The maximum Gasteiger partial charge on any atom is 0.282 e. The number of imide groups is 1. The van der Waals surface area contributed by atoms with E-state index in [9.17, 15) is 9.59 Å². The summed E-state index contributed by atoms with van der Waals surface area (Å²) < 4.78 is 0. The zero-order chi connectivity index (χ0) is 20.0. The second kappa shape index (κ2) is 6.74. The minimum absolute atomic E-state index is 0.264. The molecular weight excluding hydrogens is 360 g/mol. The highest BCUT2D eigenvalue weighted by Gasteiger charge is 2.44. The highest BCUT2D eigenvalue weighted by molar-refractivity contribution is 6.46. The van der Waals surface area contributed by atoms with Gasteiger partial charge in [-0.2, -0.15) is 0 Å². The normalized spacial score (nSPS) is 16.0. The Hall–Kier alpha value is -3.66. The Kier molecular flexibility index (Phi) is 4.06. The van der Waals surface area contributed by atoms with Gasteiger partial charge in [0.2, 0.25) is 0 Å². The van der Waals surface area contributed by atoms with E-state index < -0.39 is 0 Å². The predicted octanol–water partition coefficient (Wildman–Crippen LogP) is 4.34. The maximum atomic E-state index is 13.7. The fourth-order valence-corrected chi connectivity index (χ4v) is 4.24. The second-order valence-corrected chi connectivity index (χ2v) is 7.35. The van der Waals surface area contributed by atoms with E-state index in [0.29, 0.717) is 23.5 Å². The summed E-state index contributed by atoms with van der Waals surface area (Å²) in [5, 5.41) is 0. The molecule has 0 unspecified atom stereocenters. The van der Waals surface area contributed by atoms with Crippen LogP contribution in [0.2, 0.25) is 0 Å². The zero-order valence-corrected chi connectivity index (χ0v) is 16.1. The van der Waals surface area contributed by atoms with Crippen LogP contribution in [0.4, 0.5) is 11.4 Å². The highest BCUT2D eigenvalue weighted by Crippen LogP contribution is 2.40. The van der Waals surface area contributed by atoms with Crippen LogP contribution in [0.3, 0.4) is 0 Å². The van der Waals surface area contributed by atoms with Crippen LogP contribution in [0.25, 0.3) is 5.57 Å². The number of anilines is 2. The molecule has 4 heteroatoms. The van der Waals surface area contributed by atoms with E-state index in [-0.39, 0.29) is 11.8 Å². The number of aryl methyl sites for hydroxylation is 1. The van der Waals surface area contributed by atoms with Crippen LogP contribution >= 0.6 is 0 Å². The molecule has 0 saturated carbocycles. The number of hydrogen-bond acceptors (Lipinski definition) is 3. The van der Waals surface area contributed by atoms with Crippen molar-refractivity contribution < 1.29 is 9.59 Å². The quantitative estimate of drug-likeness (QED) is 0.635. The summed E-state index contributed by atoms with van der Waals surface area (Å²) in [6.07, 6.45) is 0.855. The molecule has 0 bridgehead atoms. The number of rotatable bonds is 3. The number of amides is 2. The Labute approximate surface area is 169 Å². The topological polar surface area (TPSA) is 40.6 Å². The fraction of sp³-hybridized carbons (Fsp3) is 0.120. The van der Waals surface area contributed by atoms with Crippen molar-refractivity contribution in [1.82, 2.24) is 0 Å². The van der Waals surface area contributed by atoms with E-state index in [0.717, 1.165) is 23.2 Å². The van der Waals surface area contributed by atoms with Crippen LogP contribution < -0.4 is 9.80 Å². The second-order valence-electron chi connectivity index (χ2n) is 7.35. The van der Waals surface area contributed by atoms with Gasteiger partial charge in [-0.25, -0.2) is 4.90 Å². The lowest BCUT2D eigenvalue weighted by Crippen LogP contribution is -2.35. The first kappa shape index (κ1) is 17.4. The van der Waals surface area contributed by atoms with Gasteiger partial charge in [0.1, 0.15) is 5.70 Å². The molecule has 3 aromatic rings. The van der Waals surface area contributed by atoms with Gasteiger partial charge in [-0.15, -0.1) is 0 Å². The molecule has 0 radical (unpaired) electrons. The molecule has 2 aliphatic heterocycles. The average Bonchev–Trinajstić information content (AvgIpc) is 3.27. The van der Waals surface area contributed by atoms with Gasteiger partial charge in [-0.1, -0.05) is 66.7 Å². The van der Waals surface area contributed by atoms with Gasteiger partial charge in [-0.3, -0.25) is 9.59 Å². The molecule has 142 valence electrons.